The third-order valence-corrected chi connectivity index (χ3v) is 6.67. The molecular weight excluding hydrogens is 560 g/mol. The van der Waals surface area contributed by atoms with E-state index in [9.17, 15) is 14.9 Å². The Morgan fingerprint density at radius 1 is 1.05 bits per heavy atom. The van der Waals surface area contributed by atoms with Crippen LogP contribution in [0.15, 0.2) is 107 Å². The fourth-order valence-electron chi connectivity index (χ4n) is 3.82. The molecule has 2 N–H and O–H groups in total. The van der Waals surface area contributed by atoms with E-state index in [4.69, 9.17) is 9.78 Å². The standard InChI is InChI=1S/C17H17N3O2.C16H17N3OS/c1-2-6-16(13-7-4-3-5-8-13)19-17(21)14(12-18)11-15-9-10-22-20-15;1-4-7-12(5-2)14(6-3)19-16(20)13(11-17)10-15-18-8-9-21-15/h3-5,7-11,16H,2,6H2,1H3,(H,19,21);4-5,7-10,14H,1-2,6H2,3H3,(H,19,20)/b14-11+;12-7+,13-10+. The van der Waals surface area contributed by atoms with Crippen LogP contribution in [-0.2, 0) is 9.59 Å². The number of aromatic nitrogens is 2. The number of carbonyl (C=O) groups is 2. The van der Waals surface area contributed by atoms with Gasteiger partial charge in [-0.2, -0.15) is 10.5 Å². The molecule has 0 saturated heterocycles. The molecule has 0 aliphatic carbocycles. The summed E-state index contributed by atoms with van der Waals surface area (Å²) in [5.74, 6) is -0.829. The van der Waals surface area contributed by atoms with Gasteiger partial charge in [-0.3, -0.25) is 9.59 Å². The summed E-state index contributed by atoms with van der Waals surface area (Å²) in [5.41, 5.74) is 2.36. The van der Waals surface area contributed by atoms with Crippen molar-refractivity contribution in [3.63, 3.8) is 0 Å². The molecule has 2 heterocycles. The average molecular weight is 595 g/mol. The molecule has 0 bridgehead atoms. The summed E-state index contributed by atoms with van der Waals surface area (Å²) in [6, 6.07) is 14.8. The summed E-state index contributed by atoms with van der Waals surface area (Å²) in [4.78, 5) is 28.5. The third kappa shape index (κ3) is 11.2. The summed E-state index contributed by atoms with van der Waals surface area (Å²) in [6.07, 6.45) is 13.4. The molecule has 43 heavy (non-hydrogen) atoms. The second-order valence-corrected chi connectivity index (χ2v) is 9.83. The van der Waals surface area contributed by atoms with E-state index in [2.05, 4.69) is 40.9 Å². The second kappa shape index (κ2) is 18.9. The highest BCUT2D eigenvalue weighted by Gasteiger charge is 2.18. The fourth-order valence-corrected chi connectivity index (χ4v) is 4.39. The van der Waals surface area contributed by atoms with Crippen molar-refractivity contribution in [2.24, 2.45) is 0 Å². The van der Waals surface area contributed by atoms with Crippen molar-refractivity contribution in [2.45, 2.75) is 45.2 Å². The molecule has 0 saturated carbocycles. The van der Waals surface area contributed by atoms with Crippen molar-refractivity contribution < 1.29 is 14.1 Å². The van der Waals surface area contributed by atoms with E-state index >= 15 is 0 Å². The Morgan fingerprint density at radius 3 is 2.28 bits per heavy atom. The maximum absolute atomic E-state index is 12.3. The zero-order chi connectivity index (χ0) is 31.5. The van der Waals surface area contributed by atoms with E-state index < -0.39 is 11.8 Å². The van der Waals surface area contributed by atoms with Crippen molar-refractivity contribution in [2.75, 3.05) is 0 Å². The maximum atomic E-state index is 12.3. The molecule has 0 aliphatic heterocycles. The Morgan fingerprint density at radius 2 is 1.74 bits per heavy atom. The molecule has 0 fully saturated rings. The van der Waals surface area contributed by atoms with Gasteiger partial charge in [0.1, 0.15) is 40.2 Å². The van der Waals surface area contributed by atoms with E-state index in [1.165, 1.54) is 29.8 Å². The van der Waals surface area contributed by atoms with E-state index in [1.807, 2.05) is 49.4 Å². The summed E-state index contributed by atoms with van der Waals surface area (Å²) >= 11 is 1.37. The minimum atomic E-state index is -0.420. The number of allylic oxidation sites excluding steroid dienone is 2. The van der Waals surface area contributed by atoms with E-state index in [0.29, 0.717) is 17.1 Å². The average Bonchev–Trinajstić information content (AvgIpc) is 3.75. The Labute approximate surface area is 256 Å². The molecule has 2 unspecified atom stereocenters. The first-order valence-corrected chi connectivity index (χ1v) is 14.4. The zero-order valence-electron chi connectivity index (χ0n) is 24.2. The highest BCUT2D eigenvalue weighted by Crippen LogP contribution is 2.19. The van der Waals surface area contributed by atoms with Gasteiger partial charge < -0.3 is 15.2 Å². The number of nitriles is 2. The number of rotatable bonds is 13. The molecule has 0 radical (unpaired) electrons. The molecule has 0 spiro atoms. The molecule has 2 atom stereocenters. The van der Waals surface area contributed by atoms with Crippen LogP contribution in [0.5, 0.6) is 0 Å². The lowest BCUT2D eigenvalue weighted by atomic mass is 10.0. The molecule has 1 aromatic carbocycles. The largest absolute Gasteiger partial charge is 0.364 e. The van der Waals surface area contributed by atoms with Gasteiger partial charge in [0.25, 0.3) is 11.8 Å². The number of amides is 2. The van der Waals surface area contributed by atoms with Crippen molar-refractivity contribution in [3.8, 4) is 12.1 Å². The van der Waals surface area contributed by atoms with Gasteiger partial charge in [-0.05, 0) is 36.1 Å². The zero-order valence-corrected chi connectivity index (χ0v) is 25.0. The molecule has 3 rings (SSSR count). The van der Waals surface area contributed by atoms with E-state index in [0.717, 1.165) is 24.0 Å². The van der Waals surface area contributed by atoms with Crippen LogP contribution < -0.4 is 10.6 Å². The Bertz CT molecular complexity index is 1510. The van der Waals surface area contributed by atoms with Crippen molar-refractivity contribution in [1.29, 1.82) is 10.5 Å². The molecule has 10 heteroatoms. The van der Waals surface area contributed by atoms with Gasteiger partial charge >= 0.3 is 0 Å². The van der Waals surface area contributed by atoms with Crippen molar-refractivity contribution >= 4 is 35.3 Å². The van der Waals surface area contributed by atoms with Gasteiger partial charge in [0.15, 0.2) is 0 Å². The van der Waals surface area contributed by atoms with Crippen LogP contribution in [0.1, 0.15) is 55.4 Å². The summed E-state index contributed by atoms with van der Waals surface area (Å²) in [7, 11) is 0. The lowest BCUT2D eigenvalue weighted by Crippen LogP contribution is -2.36. The molecule has 2 aromatic heterocycles. The van der Waals surface area contributed by atoms with Crippen LogP contribution >= 0.6 is 11.3 Å². The molecule has 0 aliphatic rings. The fraction of sp³-hybridized carbons (Fsp3) is 0.212. The number of hydrogen-bond acceptors (Lipinski definition) is 8. The second-order valence-electron chi connectivity index (χ2n) is 8.90. The summed E-state index contributed by atoms with van der Waals surface area (Å²) in [6.45, 7) is 11.4. The molecule has 220 valence electrons. The SMILES string of the molecule is C=C/C=C(\C=C)C(CC)NC(=O)/C(C#N)=C/c1nccs1.CCCC(NC(=O)/C(C#N)=C/c1ccon1)c1ccccc1. The van der Waals surface area contributed by atoms with Crippen LogP contribution in [0.3, 0.4) is 0 Å². The van der Waals surface area contributed by atoms with Gasteiger partial charge in [0, 0.05) is 17.6 Å². The number of hydrogen-bond donors (Lipinski definition) is 2. The van der Waals surface area contributed by atoms with Crippen LogP contribution in [0.2, 0.25) is 0 Å². The molecule has 9 nitrogen and oxygen atoms in total. The molecule has 3 aromatic rings. The van der Waals surface area contributed by atoms with E-state index in [1.54, 1.807) is 35.9 Å². The maximum Gasteiger partial charge on any atom is 0.262 e. The molecule has 2 amide bonds. The number of thiazole rings is 1. The van der Waals surface area contributed by atoms with Gasteiger partial charge in [-0.1, -0.05) is 87.1 Å². The minimum Gasteiger partial charge on any atom is -0.364 e. The Hall–Kier alpha value is -5.32. The normalized spacial score (nSPS) is 12.8. The lowest BCUT2D eigenvalue weighted by Gasteiger charge is -2.18. The van der Waals surface area contributed by atoms with Crippen LogP contribution in [0.4, 0.5) is 0 Å². The van der Waals surface area contributed by atoms with Crippen LogP contribution in [-0.4, -0.2) is 28.0 Å². The van der Waals surface area contributed by atoms with Crippen molar-refractivity contribution in [1.82, 2.24) is 20.8 Å². The highest BCUT2D eigenvalue weighted by atomic mass is 32.1. The first kappa shape index (κ1) is 33.9. The van der Waals surface area contributed by atoms with Gasteiger partial charge in [-0.25, -0.2) is 4.98 Å². The topological polar surface area (TPSA) is 145 Å². The van der Waals surface area contributed by atoms with Gasteiger partial charge in [0.05, 0.1) is 12.1 Å². The summed E-state index contributed by atoms with van der Waals surface area (Å²) in [5, 5.41) is 30.1. The monoisotopic (exact) mass is 594 g/mol. The van der Waals surface area contributed by atoms with Crippen molar-refractivity contribution in [3.05, 3.63) is 119 Å². The number of carbonyl (C=O) groups excluding carboxylic acids is 2. The third-order valence-electron chi connectivity index (χ3n) is 5.95. The summed E-state index contributed by atoms with van der Waals surface area (Å²) < 4.78 is 4.69. The predicted molar refractivity (Wildman–Crippen MR) is 169 cm³/mol. The lowest BCUT2D eigenvalue weighted by molar-refractivity contribution is -0.118. The highest BCUT2D eigenvalue weighted by molar-refractivity contribution is 7.10. The van der Waals surface area contributed by atoms with Gasteiger partial charge in [-0.15, -0.1) is 11.3 Å². The Kier molecular flexibility index (Phi) is 14.9. The number of benzene rings is 1. The predicted octanol–water partition coefficient (Wildman–Crippen LogP) is 6.48. The number of nitrogens with zero attached hydrogens (tertiary/aromatic N) is 4. The van der Waals surface area contributed by atoms with Crippen LogP contribution in [0.25, 0.3) is 12.2 Å². The Balaban J connectivity index is 0.000000301. The van der Waals surface area contributed by atoms with E-state index in [-0.39, 0.29) is 23.2 Å². The minimum absolute atomic E-state index is 0.00549. The first-order valence-electron chi connectivity index (χ1n) is 13.6. The van der Waals surface area contributed by atoms with Crippen LogP contribution in [0, 0.1) is 22.7 Å². The number of nitrogens with one attached hydrogen (secondary N) is 2. The smallest absolute Gasteiger partial charge is 0.262 e. The quantitative estimate of drug-likeness (QED) is 0.131. The molecular formula is C33H34N6O3S. The first-order chi connectivity index (χ1) is 20.9. The van der Waals surface area contributed by atoms with Gasteiger partial charge in [0.2, 0.25) is 0 Å².